The highest BCUT2D eigenvalue weighted by molar-refractivity contribution is 8.14. The van der Waals surface area contributed by atoms with Crippen molar-refractivity contribution < 1.29 is 9.59 Å². The molecule has 1 aliphatic heterocycles. The molecule has 1 aromatic rings. The SMILES string of the molecule is CC(C)CN1C(=O)/C(=C\c2cnn(C)c2)N=C1SCC(N)=O. The number of thioether (sulfide) groups is 1. The van der Waals surface area contributed by atoms with Gasteiger partial charge >= 0.3 is 0 Å². The molecule has 1 aromatic heterocycles. The zero-order chi connectivity index (χ0) is 16.3. The molecule has 0 unspecified atom stereocenters. The zero-order valence-corrected chi connectivity index (χ0v) is 13.6. The lowest BCUT2D eigenvalue weighted by Crippen LogP contribution is -2.34. The van der Waals surface area contributed by atoms with Gasteiger partial charge in [-0.1, -0.05) is 25.6 Å². The van der Waals surface area contributed by atoms with Crippen LogP contribution in [0.1, 0.15) is 19.4 Å². The van der Waals surface area contributed by atoms with Crippen molar-refractivity contribution in [1.82, 2.24) is 14.7 Å². The maximum Gasteiger partial charge on any atom is 0.278 e. The number of primary amides is 1. The highest BCUT2D eigenvalue weighted by atomic mass is 32.2. The molecule has 8 heteroatoms. The molecule has 0 aliphatic carbocycles. The van der Waals surface area contributed by atoms with Gasteiger partial charge in [-0.15, -0.1) is 0 Å². The summed E-state index contributed by atoms with van der Waals surface area (Å²) in [7, 11) is 1.81. The number of amidine groups is 1. The van der Waals surface area contributed by atoms with Crippen molar-refractivity contribution in [2.24, 2.45) is 23.7 Å². The van der Waals surface area contributed by atoms with E-state index in [1.54, 1.807) is 35.1 Å². The average Bonchev–Trinajstić information content (AvgIpc) is 2.95. The van der Waals surface area contributed by atoms with Crippen LogP contribution in [0.15, 0.2) is 23.1 Å². The van der Waals surface area contributed by atoms with Crippen molar-refractivity contribution in [2.75, 3.05) is 12.3 Å². The molecule has 0 fully saturated rings. The third kappa shape index (κ3) is 3.97. The average molecular weight is 321 g/mol. The topological polar surface area (TPSA) is 93.6 Å². The third-order valence-electron chi connectivity index (χ3n) is 2.83. The quantitative estimate of drug-likeness (QED) is 0.813. The lowest BCUT2D eigenvalue weighted by Gasteiger charge is -2.19. The number of amides is 2. The Hall–Kier alpha value is -2.09. The number of hydrogen-bond donors (Lipinski definition) is 1. The van der Waals surface area contributed by atoms with Gasteiger partial charge in [-0.2, -0.15) is 5.10 Å². The Kier molecular flexibility index (Phi) is 5.02. The molecule has 2 N–H and O–H groups in total. The Morgan fingerprint density at radius 3 is 2.77 bits per heavy atom. The minimum Gasteiger partial charge on any atom is -0.369 e. The minimum atomic E-state index is -0.436. The van der Waals surface area contributed by atoms with E-state index in [2.05, 4.69) is 10.1 Å². The van der Waals surface area contributed by atoms with Gasteiger partial charge in [0.2, 0.25) is 5.91 Å². The first-order valence-electron chi connectivity index (χ1n) is 6.89. The summed E-state index contributed by atoms with van der Waals surface area (Å²) in [4.78, 5) is 29.4. The largest absolute Gasteiger partial charge is 0.369 e. The van der Waals surface area contributed by atoms with E-state index >= 15 is 0 Å². The molecule has 0 aromatic carbocycles. The summed E-state index contributed by atoms with van der Waals surface area (Å²) < 4.78 is 1.66. The Balaban J connectivity index is 2.25. The summed E-state index contributed by atoms with van der Waals surface area (Å²) in [6.45, 7) is 4.59. The molecule has 0 radical (unpaired) electrons. The van der Waals surface area contributed by atoms with E-state index in [0.29, 0.717) is 23.3 Å². The zero-order valence-electron chi connectivity index (χ0n) is 12.8. The molecular formula is C14H19N5O2S. The lowest BCUT2D eigenvalue weighted by atomic mass is 10.2. The molecule has 0 atom stereocenters. The highest BCUT2D eigenvalue weighted by Crippen LogP contribution is 2.24. The molecule has 0 saturated carbocycles. The maximum atomic E-state index is 12.5. The number of aryl methyl sites for hydroxylation is 1. The van der Waals surface area contributed by atoms with Gasteiger partial charge in [0.1, 0.15) is 5.70 Å². The van der Waals surface area contributed by atoms with Crippen LogP contribution in [0.2, 0.25) is 0 Å². The fourth-order valence-corrected chi connectivity index (χ4v) is 2.72. The first-order chi connectivity index (χ1) is 10.4. The molecule has 118 valence electrons. The number of hydrogen-bond acceptors (Lipinski definition) is 5. The maximum absolute atomic E-state index is 12.5. The molecule has 0 saturated heterocycles. The number of nitrogens with two attached hydrogens (primary N) is 1. The van der Waals surface area contributed by atoms with Gasteiger partial charge in [-0.25, -0.2) is 4.99 Å². The summed E-state index contributed by atoms with van der Waals surface area (Å²) in [6.07, 6.45) is 5.16. The van der Waals surface area contributed by atoms with E-state index in [1.165, 1.54) is 11.8 Å². The Bertz CT molecular complexity index is 647. The molecule has 0 spiro atoms. The van der Waals surface area contributed by atoms with E-state index in [-0.39, 0.29) is 11.7 Å². The summed E-state index contributed by atoms with van der Waals surface area (Å²) in [5.41, 5.74) is 6.32. The number of nitrogens with zero attached hydrogens (tertiary/aromatic N) is 4. The number of carbonyl (C=O) groups excluding carboxylic acids is 2. The molecule has 7 nitrogen and oxygen atoms in total. The van der Waals surface area contributed by atoms with Crippen LogP contribution in [-0.4, -0.2) is 44.0 Å². The minimum absolute atomic E-state index is 0.0981. The monoisotopic (exact) mass is 321 g/mol. The molecule has 2 rings (SSSR count). The summed E-state index contributed by atoms with van der Waals surface area (Å²) in [6, 6.07) is 0. The second kappa shape index (κ2) is 6.78. The van der Waals surface area contributed by atoms with E-state index < -0.39 is 5.91 Å². The van der Waals surface area contributed by atoms with Gasteiger partial charge < -0.3 is 5.73 Å². The van der Waals surface area contributed by atoms with Gasteiger partial charge in [0.25, 0.3) is 5.91 Å². The van der Waals surface area contributed by atoms with Gasteiger partial charge in [0.15, 0.2) is 5.17 Å². The van der Waals surface area contributed by atoms with Crippen LogP contribution in [0.25, 0.3) is 6.08 Å². The second-order valence-corrected chi connectivity index (χ2v) is 6.38. The van der Waals surface area contributed by atoms with Crippen molar-refractivity contribution in [2.45, 2.75) is 13.8 Å². The van der Waals surface area contributed by atoms with Gasteiger partial charge in [0, 0.05) is 25.4 Å². The van der Waals surface area contributed by atoms with E-state index in [9.17, 15) is 9.59 Å². The smallest absolute Gasteiger partial charge is 0.278 e. The van der Waals surface area contributed by atoms with Gasteiger partial charge in [-0.05, 0) is 12.0 Å². The third-order valence-corrected chi connectivity index (χ3v) is 3.83. The standard InChI is InChI=1S/C14H19N5O2S/c1-9(2)6-19-13(21)11(4-10-5-16-18(3)7-10)17-14(19)22-8-12(15)20/h4-5,7,9H,6,8H2,1-3H3,(H2,15,20)/b11-4+. The van der Waals surface area contributed by atoms with E-state index in [0.717, 1.165) is 5.56 Å². The van der Waals surface area contributed by atoms with Crippen LogP contribution < -0.4 is 5.73 Å². The highest BCUT2D eigenvalue weighted by Gasteiger charge is 2.31. The van der Waals surface area contributed by atoms with Gasteiger partial charge in [0.05, 0.1) is 11.9 Å². The molecule has 1 aliphatic rings. The van der Waals surface area contributed by atoms with E-state index in [1.807, 2.05) is 13.8 Å². The Morgan fingerprint density at radius 1 is 1.50 bits per heavy atom. The molecule has 2 amide bonds. The van der Waals surface area contributed by atoms with Crippen molar-refractivity contribution >= 4 is 34.8 Å². The van der Waals surface area contributed by atoms with Crippen molar-refractivity contribution in [1.29, 1.82) is 0 Å². The molecule has 22 heavy (non-hydrogen) atoms. The van der Waals surface area contributed by atoms with Crippen LogP contribution >= 0.6 is 11.8 Å². The summed E-state index contributed by atoms with van der Waals surface area (Å²) in [5.74, 6) is -0.208. The van der Waals surface area contributed by atoms with Crippen LogP contribution in [0.3, 0.4) is 0 Å². The predicted molar refractivity (Wildman–Crippen MR) is 86.8 cm³/mol. The normalized spacial score (nSPS) is 16.7. The van der Waals surface area contributed by atoms with Crippen molar-refractivity contribution in [3.05, 3.63) is 23.7 Å². The number of rotatable bonds is 5. The van der Waals surface area contributed by atoms with Crippen LogP contribution in [0.4, 0.5) is 0 Å². The fourth-order valence-electron chi connectivity index (χ4n) is 1.97. The lowest BCUT2D eigenvalue weighted by molar-refractivity contribution is -0.123. The van der Waals surface area contributed by atoms with Crippen LogP contribution in [0.5, 0.6) is 0 Å². The first kappa shape index (κ1) is 16.3. The number of aromatic nitrogens is 2. The first-order valence-corrected chi connectivity index (χ1v) is 7.87. The molecule has 2 heterocycles. The van der Waals surface area contributed by atoms with E-state index in [4.69, 9.17) is 5.73 Å². The summed E-state index contributed by atoms with van der Waals surface area (Å²) in [5, 5.41) is 4.58. The summed E-state index contributed by atoms with van der Waals surface area (Å²) >= 11 is 1.18. The fraction of sp³-hybridized carbons (Fsp3) is 0.429. The second-order valence-electron chi connectivity index (χ2n) is 5.44. The Labute approximate surface area is 133 Å². The van der Waals surface area contributed by atoms with Crippen LogP contribution in [-0.2, 0) is 16.6 Å². The number of carbonyl (C=O) groups is 2. The Morgan fingerprint density at radius 2 is 2.23 bits per heavy atom. The predicted octanol–water partition coefficient (Wildman–Crippen LogP) is 0.834. The van der Waals surface area contributed by atoms with Crippen molar-refractivity contribution in [3.63, 3.8) is 0 Å². The molecule has 0 bridgehead atoms. The molecular weight excluding hydrogens is 302 g/mol. The van der Waals surface area contributed by atoms with Crippen molar-refractivity contribution in [3.8, 4) is 0 Å². The van der Waals surface area contributed by atoms with Crippen LogP contribution in [0, 0.1) is 5.92 Å². The van der Waals surface area contributed by atoms with Gasteiger partial charge in [-0.3, -0.25) is 19.2 Å². The number of aliphatic imine (C=N–C) groups is 1.